The van der Waals surface area contributed by atoms with Crippen LogP contribution in [0.25, 0.3) is 0 Å². The Morgan fingerprint density at radius 2 is 2.39 bits per heavy atom. The lowest BCUT2D eigenvalue weighted by molar-refractivity contribution is 0.0699. The van der Waals surface area contributed by atoms with Gasteiger partial charge in [0.2, 0.25) is 0 Å². The van der Waals surface area contributed by atoms with E-state index in [9.17, 15) is 9.18 Å². The molecule has 1 heterocycles. The second kappa shape index (κ2) is 5.80. The van der Waals surface area contributed by atoms with Crippen LogP contribution in [0, 0.1) is 5.82 Å². The van der Waals surface area contributed by atoms with E-state index in [0.717, 1.165) is 19.5 Å². The number of hydrogen-bond donors (Lipinski definition) is 1. The molecule has 1 aromatic carbocycles. The van der Waals surface area contributed by atoms with E-state index in [1.165, 1.54) is 6.07 Å². The van der Waals surface area contributed by atoms with E-state index >= 15 is 0 Å². The molecule has 3 nitrogen and oxygen atoms in total. The van der Waals surface area contributed by atoms with E-state index in [1.54, 1.807) is 17.0 Å². The average Bonchev–Trinajstić information content (AvgIpc) is 2.87. The predicted molar refractivity (Wildman–Crippen MR) is 72.1 cm³/mol. The number of likely N-dealkylation sites (N-methyl/N-ethyl adjacent to an activating group) is 1. The van der Waals surface area contributed by atoms with Crippen molar-refractivity contribution in [3.05, 3.63) is 34.1 Å². The van der Waals surface area contributed by atoms with E-state index in [0.29, 0.717) is 11.0 Å². The van der Waals surface area contributed by atoms with Crippen molar-refractivity contribution in [2.24, 2.45) is 0 Å². The van der Waals surface area contributed by atoms with Crippen molar-refractivity contribution >= 4 is 21.8 Å². The van der Waals surface area contributed by atoms with Gasteiger partial charge in [0.25, 0.3) is 5.91 Å². The van der Waals surface area contributed by atoms with Gasteiger partial charge >= 0.3 is 0 Å². The van der Waals surface area contributed by atoms with E-state index < -0.39 is 5.82 Å². The highest BCUT2D eigenvalue weighted by atomic mass is 79.9. The van der Waals surface area contributed by atoms with Crippen LogP contribution in [0.5, 0.6) is 0 Å². The van der Waals surface area contributed by atoms with Crippen LogP contribution in [-0.4, -0.2) is 36.5 Å². The minimum atomic E-state index is -0.480. The fourth-order valence-corrected chi connectivity index (χ4v) is 2.66. The van der Waals surface area contributed by atoms with Gasteiger partial charge in [0, 0.05) is 19.1 Å². The van der Waals surface area contributed by atoms with Gasteiger partial charge in [0.15, 0.2) is 0 Å². The van der Waals surface area contributed by atoms with Crippen LogP contribution in [0.1, 0.15) is 23.7 Å². The van der Waals surface area contributed by atoms with Crippen LogP contribution in [0.15, 0.2) is 22.7 Å². The number of rotatable bonds is 3. The van der Waals surface area contributed by atoms with Gasteiger partial charge in [-0.05, 0) is 48.0 Å². The summed E-state index contributed by atoms with van der Waals surface area (Å²) in [5.41, 5.74) is 0.137. The fraction of sp³-hybridized carbons (Fsp3) is 0.462. The Kier molecular flexibility index (Phi) is 4.35. The Morgan fingerprint density at radius 3 is 3.00 bits per heavy atom. The van der Waals surface area contributed by atoms with Crippen LogP contribution in [-0.2, 0) is 0 Å². The van der Waals surface area contributed by atoms with Crippen LogP contribution in [0.2, 0.25) is 0 Å². The molecule has 0 saturated carbocycles. The standard InChI is InChI=1S/C13H16BrFN2O/c1-2-17(9-6-7-16-8-9)13(18)10-4-3-5-11(14)12(10)15/h3-5,9,16H,2,6-8H2,1H3. The molecular formula is C13H16BrFN2O. The molecule has 1 atom stereocenters. The zero-order valence-corrected chi connectivity index (χ0v) is 11.8. The van der Waals surface area contributed by atoms with E-state index in [-0.39, 0.29) is 17.5 Å². The average molecular weight is 315 g/mol. The topological polar surface area (TPSA) is 32.3 Å². The van der Waals surface area contributed by atoms with Crippen LogP contribution in [0.4, 0.5) is 4.39 Å². The maximum atomic E-state index is 13.9. The third-order valence-electron chi connectivity index (χ3n) is 3.26. The summed E-state index contributed by atoms with van der Waals surface area (Å²) in [5, 5.41) is 3.22. The third kappa shape index (κ3) is 2.57. The first-order chi connectivity index (χ1) is 8.65. The Hall–Kier alpha value is -0.940. The predicted octanol–water partition coefficient (Wildman–Crippen LogP) is 2.41. The molecule has 5 heteroatoms. The second-order valence-corrected chi connectivity index (χ2v) is 5.19. The molecule has 0 spiro atoms. The normalized spacial score (nSPS) is 18.9. The van der Waals surface area contributed by atoms with Crippen LogP contribution in [0.3, 0.4) is 0 Å². The molecule has 1 amide bonds. The lowest BCUT2D eigenvalue weighted by atomic mass is 10.1. The van der Waals surface area contributed by atoms with E-state index in [2.05, 4.69) is 21.2 Å². The summed E-state index contributed by atoms with van der Waals surface area (Å²) in [7, 11) is 0. The zero-order valence-electron chi connectivity index (χ0n) is 10.2. The molecule has 0 radical (unpaired) electrons. The molecule has 1 aliphatic rings. The van der Waals surface area contributed by atoms with Gasteiger partial charge in [0.05, 0.1) is 10.0 Å². The maximum Gasteiger partial charge on any atom is 0.257 e. The number of carbonyl (C=O) groups excluding carboxylic acids is 1. The summed E-state index contributed by atoms with van der Waals surface area (Å²) in [4.78, 5) is 14.1. The summed E-state index contributed by atoms with van der Waals surface area (Å²) in [5.74, 6) is -0.711. The highest BCUT2D eigenvalue weighted by Gasteiger charge is 2.27. The van der Waals surface area contributed by atoms with E-state index in [1.807, 2.05) is 6.92 Å². The summed E-state index contributed by atoms with van der Waals surface area (Å²) < 4.78 is 14.3. The number of amides is 1. The van der Waals surface area contributed by atoms with Gasteiger partial charge in [-0.2, -0.15) is 0 Å². The first kappa shape index (κ1) is 13.5. The molecule has 1 saturated heterocycles. The maximum absolute atomic E-state index is 13.9. The van der Waals surface area contributed by atoms with Crippen LogP contribution < -0.4 is 5.32 Å². The minimum Gasteiger partial charge on any atom is -0.335 e. The highest BCUT2D eigenvalue weighted by Crippen LogP contribution is 2.21. The number of halogens is 2. The SMILES string of the molecule is CCN(C(=O)c1cccc(Br)c1F)C1CCNC1. The molecule has 2 rings (SSSR count). The number of nitrogens with one attached hydrogen (secondary N) is 1. The first-order valence-corrected chi connectivity index (χ1v) is 6.90. The summed E-state index contributed by atoms with van der Waals surface area (Å²) in [6, 6.07) is 4.98. The lowest BCUT2D eigenvalue weighted by Crippen LogP contribution is -2.41. The van der Waals surface area contributed by atoms with Crippen molar-refractivity contribution in [3.63, 3.8) is 0 Å². The van der Waals surface area contributed by atoms with Crippen molar-refractivity contribution in [2.45, 2.75) is 19.4 Å². The number of nitrogens with zero attached hydrogens (tertiary/aromatic N) is 1. The molecule has 1 aliphatic heterocycles. The fourth-order valence-electron chi connectivity index (χ4n) is 2.30. The third-order valence-corrected chi connectivity index (χ3v) is 3.87. The Morgan fingerprint density at radius 1 is 1.61 bits per heavy atom. The van der Waals surface area contributed by atoms with Gasteiger partial charge in [-0.3, -0.25) is 4.79 Å². The molecule has 0 aliphatic carbocycles. The number of hydrogen-bond acceptors (Lipinski definition) is 2. The lowest BCUT2D eigenvalue weighted by Gasteiger charge is -2.27. The largest absolute Gasteiger partial charge is 0.335 e. The molecule has 98 valence electrons. The zero-order chi connectivity index (χ0) is 13.1. The van der Waals surface area contributed by atoms with Crippen LogP contribution >= 0.6 is 15.9 Å². The monoisotopic (exact) mass is 314 g/mol. The van der Waals surface area contributed by atoms with Crippen molar-refractivity contribution in [3.8, 4) is 0 Å². The Bertz CT molecular complexity index is 447. The van der Waals surface area contributed by atoms with Crippen molar-refractivity contribution in [1.29, 1.82) is 0 Å². The molecule has 1 aromatic rings. The van der Waals surface area contributed by atoms with Gasteiger partial charge < -0.3 is 10.2 Å². The number of carbonyl (C=O) groups is 1. The molecular weight excluding hydrogens is 299 g/mol. The number of benzene rings is 1. The van der Waals surface area contributed by atoms with Gasteiger partial charge in [-0.1, -0.05) is 6.07 Å². The van der Waals surface area contributed by atoms with Crippen molar-refractivity contribution in [2.75, 3.05) is 19.6 Å². The van der Waals surface area contributed by atoms with Gasteiger partial charge in [-0.15, -0.1) is 0 Å². The Balaban J connectivity index is 2.25. The highest BCUT2D eigenvalue weighted by molar-refractivity contribution is 9.10. The van der Waals surface area contributed by atoms with E-state index in [4.69, 9.17) is 0 Å². The first-order valence-electron chi connectivity index (χ1n) is 6.10. The minimum absolute atomic E-state index is 0.137. The molecule has 0 aromatic heterocycles. The molecule has 0 bridgehead atoms. The summed E-state index contributed by atoms with van der Waals surface area (Å²) >= 11 is 3.11. The molecule has 1 unspecified atom stereocenters. The summed E-state index contributed by atoms with van der Waals surface area (Å²) in [6.45, 7) is 4.22. The quantitative estimate of drug-likeness (QED) is 0.929. The van der Waals surface area contributed by atoms with Gasteiger partial charge in [-0.25, -0.2) is 4.39 Å². The molecule has 1 N–H and O–H groups in total. The molecule has 18 heavy (non-hydrogen) atoms. The second-order valence-electron chi connectivity index (χ2n) is 4.34. The smallest absolute Gasteiger partial charge is 0.257 e. The van der Waals surface area contributed by atoms with Gasteiger partial charge in [0.1, 0.15) is 5.82 Å². The Labute approximate surface area is 114 Å². The van der Waals surface area contributed by atoms with Crippen molar-refractivity contribution < 1.29 is 9.18 Å². The molecule has 1 fully saturated rings. The van der Waals surface area contributed by atoms with Crippen molar-refractivity contribution in [1.82, 2.24) is 10.2 Å². The summed E-state index contributed by atoms with van der Waals surface area (Å²) in [6.07, 6.45) is 0.926.